The Morgan fingerprint density at radius 3 is 2.86 bits per heavy atom. The summed E-state index contributed by atoms with van der Waals surface area (Å²) in [5.74, 6) is 0.718. The van der Waals surface area contributed by atoms with Crippen molar-refractivity contribution < 1.29 is 4.79 Å². The fraction of sp³-hybridized carbons (Fsp3) is 0.750. The number of H-pyrrole nitrogens is 1. The third-order valence-corrected chi connectivity index (χ3v) is 4.93. The van der Waals surface area contributed by atoms with E-state index in [9.17, 15) is 4.79 Å². The number of likely N-dealkylation sites (N-methyl/N-ethyl adjacent to an activating group) is 1. The third kappa shape index (κ3) is 3.12. The van der Waals surface area contributed by atoms with Crippen molar-refractivity contribution in [3.63, 3.8) is 0 Å². The minimum Gasteiger partial charge on any atom is -0.341 e. The molecule has 2 aliphatic heterocycles. The summed E-state index contributed by atoms with van der Waals surface area (Å²) in [4.78, 5) is 17.1. The molecule has 0 radical (unpaired) electrons. The van der Waals surface area contributed by atoms with E-state index in [-0.39, 0.29) is 6.04 Å². The lowest BCUT2D eigenvalue weighted by Gasteiger charge is -2.38. The van der Waals surface area contributed by atoms with E-state index in [1.54, 1.807) is 0 Å². The highest BCUT2D eigenvalue weighted by atomic mass is 16.2. The lowest BCUT2D eigenvalue weighted by molar-refractivity contribution is -0.138. The molecule has 5 heteroatoms. The van der Waals surface area contributed by atoms with E-state index in [1.165, 1.54) is 12.8 Å². The Morgan fingerprint density at radius 2 is 2.14 bits per heavy atom. The van der Waals surface area contributed by atoms with Gasteiger partial charge in [-0.3, -0.25) is 14.8 Å². The predicted octanol–water partition coefficient (Wildman–Crippen LogP) is 1.91. The molecule has 2 fully saturated rings. The third-order valence-electron chi connectivity index (χ3n) is 4.93. The molecule has 116 valence electrons. The smallest absolute Gasteiger partial charge is 0.239 e. The minimum absolute atomic E-state index is 0.0958. The highest BCUT2D eigenvalue weighted by Crippen LogP contribution is 2.27. The Morgan fingerprint density at radius 1 is 1.29 bits per heavy atom. The van der Waals surface area contributed by atoms with E-state index in [1.807, 2.05) is 6.92 Å². The van der Waals surface area contributed by atoms with Gasteiger partial charge in [-0.15, -0.1) is 0 Å². The molecule has 1 aromatic rings. The first-order valence-electron chi connectivity index (χ1n) is 8.16. The number of carbonyl (C=O) groups is 1. The van der Waals surface area contributed by atoms with Crippen LogP contribution in [0.5, 0.6) is 0 Å². The van der Waals surface area contributed by atoms with Gasteiger partial charge in [0.2, 0.25) is 5.91 Å². The molecule has 1 amide bonds. The summed E-state index contributed by atoms with van der Waals surface area (Å²) in [5, 5.41) is 7.41. The van der Waals surface area contributed by atoms with E-state index in [0.717, 1.165) is 50.3 Å². The van der Waals surface area contributed by atoms with Crippen molar-refractivity contribution in [2.45, 2.75) is 51.0 Å². The average molecular weight is 290 g/mol. The standard InChI is InChI=1S/C16H26N4O/c1-12-10-14(18-17-12)13-6-5-9-20(11-13)16(21)15-7-3-4-8-19(15)2/h10,13,15H,3-9,11H2,1-2H3,(H,17,18). The van der Waals surface area contributed by atoms with Gasteiger partial charge < -0.3 is 4.90 Å². The van der Waals surface area contributed by atoms with Crippen molar-refractivity contribution in [2.75, 3.05) is 26.7 Å². The molecule has 0 aromatic carbocycles. The number of rotatable bonds is 2. The zero-order valence-electron chi connectivity index (χ0n) is 13.1. The maximum Gasteiger partial charge on any atom is 0.239 e. The number of nitrogens with one attached hydrogen (secondary N) is 1. The van der Waals surface area contributed by atoms with Gasteiger partial charge in [-0.05, 0) is 52.3 Å². The van der Waals surface area contributed by atoms with Gasteiger partial charge in [-0.25, -0.2) is 0 Å². The molecule has 0 spiro atoms. The molecule has 3 heterocycles. The number of aromatic nitrogens is 2. The summed E-state index contributed by atoms with van der Waals surface area (Å²) in [6, 6.07) is 2.21. The fourth-order valence-corrected chi connectivity index (χ4v) is 3.66. The van der Waals surface area contributed by atoms with E-state index in [0.29, 0.717) is 11.8 Å². The van der Waals surface area contributed by atoms with E-state index >= 15 is 0 Å². The average Bonchev–Trinajstić information content (AvgIpc) is 2.94. The zero-order valence-corrected chi connectivity index (χ0v) is 13.1. The molecular formula is C16H26N4O. The van der Waals surface area contributed by atoms with Crippen LogP contribution >= 0.6 is 0 Å². The molecule has 1 N–H and O–H groups in total. The first-order valence-corrected chi connectivity index (χ1v) is 8.16. The second-order valence-electron chi connectivity index (χ2n) is 6.59. The number of hydrogen-bond donors (Lipinski definition) is 1. The second-order valence-corrected chi connectivity index (χ2v) is 6.59. The van der Waals surface area contributed by atoms with Gasteiger partial charge in [0, 0.05) is 24.7 Å². The monoisotopic (exact) mass is 290 g/mol. The van der Waals surface area contributed by atoms with Crippen LogP contribution in [0.4, 0.5) is 0 Å². The quantitative estimate of drug-likeness (QED) is 0.905. The van der Waals surface area contributed by atoms with Gasteiger partial charge in [0.1, 0.15) is 0 Å². The van der Waals surface area contributed by atoms with Crippen molar-refractivity contribution >= 4 is 5.91 Å². The van der Waals surface area contributed by atoms with E-state index in [4.69, 9.17) is 0 Å². The van der Waals surface area contributed by atoms with Crippen molar-refractivity contribution in [1.29, 1.82) is 0 Å². The van der Waals surface area contributed by atoms with Crippen LogP contribution in [0.25, 0.3) is 0 Å². The van der Waals surface area contributed by atoms with Crippen LogP contribution in [0.2, 0.25) is 0 Å². The molecule has 0 bridgehead atoms. The first kappa shape index (κ1) is 14.6. The number of likely N-dealkylation sites (tertiary alicyclic amines) is 2. The predicted molar refractivity (Wildman–Crippen MR) is 82.1 cm³/mol. The SMILES string of the molecule is Cc1cc(C2CCCN(C(=O)C3CCCCN3C)C2)n[nH]1. The molecule has 0 saturated carbocycles. The summed E-state index contributed by atoms with van der Waals surface area (Å²) in [5.41, 5.74) is 2.21. The Kier molecular flexibility index (Phi) is 4.29. The fourth-order valence-electron chi connectivity index (χ4n) is 3.66. The summed E-state index contributed by atoms with van der Waals surface area (Å²) in [6.45, 7) is 4.81. The number of amides is 1. The van der Waals surface area contributed by atoms with E-state index in [2.05, 4.69) is 33.1 Å². The van der Waals surface area contributed by atoms with E-state index < -0.39 is 0 Å². The molecule has 2 saturated heterocycles. The van der Waals surface area contributed by atoms with Crippen molar-refractivity contribution in [3.05, 3.63) is 17.5 Å². The second kappa shape index (κ2) is 6.18. The molecule has 21 heavy (non-hydrogen) atoms. The first-order chi connectivity index (χ1) is 10.1. The van der Waals surface area contributed by atoms with Gasteiger partial charge in [-0.1, -0.05) is 6.42 Å². The van der Waals surface area contributed by atoms with Gasteiger partial charge in [0.15, 0.2) is 0 Å². The molecule has 2 atom stereocenters. The van der Waals surface area contributed by atoms with Crippen molar-refractivity contribution in [1.82, 2.24) is 20.0 Å². The molecule has 2 aliphatic rings. The van der Waals surface area contributed by atoms with Crippen LogP contribution in [-0.2, 0) is 4.79 Å². The number of nitrogens with zero attached hydrogens (tertiary/aromatic N) is 3. The van der Waals surface area contributed by atoms with Crippen LogP contribution in [0, 0.1) is 6.92 Å². The van der Waals surface area contributed by atoms with Gasteiger partial charge in [0.05, 0.1) is 11.7 Å². The lowest BCUT2D eigenvalue weighted by atomic mass is 9.93. The summed E-state index contributed by atoms with van der Waals surface area (Å²) < 4.78 is 0. The number of piperidine rings is 2. The summed E-state index contributed by atoms with van der Waals surface area (Å²) >= 11 is 0. The Balaban J connectivity index is 1.66. The summed E-state index contributed by atoms with van der Waals surface area (Å²) in [7, 11) is 2.08. The number of aryl methyl sites for hydroxylation is 1. The molecule has 3 rings (SSSR count). The molecule has 1 aromatic heterocycles. The van der Waals surface area contributed by atoms with Crippen LogP contribution < -0.4 is 0 Å². The van der Waals surface area contributed by atoms with Crippen LogP contribution in [0.3, 0.4) is 0 Å². The van der Waals surface area contributed by atoms with Crippen LogP contribution in [-0.4, -0.2) is 58.6 Å². The Hall–Kier alpha value is -1.36. The number of hydrogen-bond acceptors (Lipinski definition) is 3. The Bertz CT molecular complexity index is 498. The largest absolute Gasteiger partial charge is 0.341 e. The zero-order chi connectivity index (χ0) is 14.8. The van der Waals surface area contributed by atoms with Crippen LogP contribution in [0.15, 0.2) is 6.07 Å². The van der Waals surface area contributed by atoms with Crippen molar-refractivity contribution in [2.24, 2.45) is 0 Å². The van der Waals surface area contributed by atoms with Gasteiger partial charge in [-0.2, -0.15) is 5.10 Å². The van der Waals surface area contributed by atoms with Gasteiger partial charge >= 0.3 is 0 Å². The molecular weight excluding hydrogens is 264 g/mol. The minimum atomic E-state index is 0.0958. The normalized spacial score (nSPS) is 27.8. The van der Waals surface area contributed by atoms with Crippen LogP contribution in [0.1, 0.15) is 49.4 Å². The number of aromatic amines is 1. The highest BCUT2D eigenvalue weighted by Gasteiger charge is 2.33. The molecule has 5 nitrogen and oxygen atoms in total. The lowest BCUT2D eigenvalue weighted by Crippen LogP contribution is -2.51. The molecule has 0 aliphatic carbocycles. The maximum absolute atomic E-state index is 12.8. The van der Waals surface area contributed by atoms with Gasteiger partial charge in [0.25, 0.3) is 0 Å². The summed E-state index contributed by atoms with van der Waals surface area (Å²) in [6.07, 6.45) is 5.62. The highest BCUT2D eigenvalue weighted by molar-refractivity contribution is 5.82. The molecule has 2 unspecified atom stereocenters. The number of carbonyl (C=O) groups excluding carboxylic acids is 1. The Labute approximate surface area is 126 Å². The maximum atomic E-state index is 12.8. The topological polar surface area (TPSA) is 52.2 Å². The van der Waals surface area contributed by atoms with Crippen molar-refractivity contribution in [3.8, 4) is 0 Å².